The van der Waals surface area contributed by atoms with Crippen molar-refractivity contribution in [3.63, 3.8) is 0 Å². The third kappa shape index (κ3) is 4.68. The number of carbonyl (C=O) groups is 1. The van der Waals surface area contributed by atoms with Gasteiger partial charge in [-0.2, -0.15) is 0 Å². The molecule has 250 valence electrons. The van der Waals surface area contributed by atoms with E-state index in [4.69, 9.17) is 42.6 Å². The second-order valence-electron chi connectivity index (χ2n) is 11.9. The molecule has 5 heterocycles. The minimum atomic E-state index is -2.20. The molecule has 8 rings (SSSR count). The molecule has 5 aliphatic rings. The average Bonchev–Trinajstić information content (AvgIpc) is 3.84. The smallest absolute Gasteiger partial charge is 0.339 e. The molecule has 1 aliphatic carbocycles. The van der Waals surface area contributed by atoms with E-state index in [1.165, 1.54) is 37.7 Å². The topological polar surface area (TPSA) is 181 Å². The Labute approximate surface area is 271 Å². The van der Waals surface area contributed by atoms with Crippen molar-refractivity contribution in [1.82, 2.24) is 0 Å². The van der Waals surface area contributed by atoms with Crippen molar-refractivity contribution in [2.45, 2.75) is 54.6 Å². The minimum absolute atomic E-state index is 0.0445. The van der Waals surface area contributed by atoms with Gasteiger partial charge in [-0.05, 0) is 52.4 Å². The van der Waals surface area contributed by atoms with Gasteiger partial charge in [-0.15, -0.1) is 11.3 Å². The summed E-state index contributed by atoms with van der Waals surface area (Å²) in [5.74, 6) is -2.33. The number of carbonyl (C=O) groups excluding carboxylic acids is 1. The first-order valence-corrected chi connectivity index (χ1v) is 15.9. The number of methoxy groups -OCH3 is 2. The van der Waals surface area contributed by atoms with Crippen molar-refractivity contribution in [3.05, 3.63) is 63.3 Å². The number of aliphatic hydroxyl groups is 3. The van der Waals surface area contributed by atoms with Gasteiger partial charge in [0.05, 0.1) is 37.7 Å². The summed E-state index contributed by atoms with van der Waals surface area (Å²) in [6.45, 7) is -0.224. The van der Waals surface area contributed by atoms with Crippen LogP contribution in [0, 0.1) is 5.92 Å². The molecule has 47 heavy (non-hydrogen) atoms. The highest BCUT2D eigenvalue weighted by Gasteiger charge is 2.65. The molecule has 14 nitrogen and oxygen atoms in total. The first-order chi connectivity index (χ1) is 22.7. The third-order valence-corrected chi connectivity index (χ3v) is 10.4. The lowest BCUT2D eigenvalue weighted by molar-refractivity contribution is -0.369. The highest BCUT2D eigenvalue weighted by Crippen LogP contribution is 2.59. The SMILES string of the molecule is COc1cc(C2c3cc4c(cc3C(OC3OC5COC(c6cccs6)OC5C(O)C3O)C3COC(=O)C23O)OCO4)cc(OC)c1O. The molecule has 0 amide bonds. The van der Waals surface area contributed by atoms with Gasteiger partial charge in [0, 0.05) is 5.92 Å². The van der Waals surface area contributed by atoms with Crippen LogP contribution in [0.3, 0.4) is 0 Å². The Morgan fingerprint density at radius 2 is 1.66 bits per heavy atom. The summed E-state index contributed by atoms with van der Waals surface area (Å²) in [6.07, 6.45) is -7.90. The van der Waals surface area contributed by atoms with E-state index in [9.17, 15) is 25.2 Å². The molecular weight excluding hydrogens is 640 g/mol. The van der Waals surface area contributed by atoms with Crippen LogP contribution < -0.4 is 18.9 Å². The number of aromatic hydroxyl groups is 1. The normalized spacial score (nSPS) is 35.4. The second-order valence-corrected chi connectivity index (χ2v) is 12.9. The molecule has 0 saturated carbocycles. The quantitative estimate of drug-likeness (QED) is 0.279. The van der Waals surface area contributed by atoms with E-state index in [1.54, 1.807) is 12.1 Å². The molecule has 0 radical (unpaired) electrons. The summed E-state index contributed by atoms with van der Waals surface area (Å²) < 4.78 is 52.0. The fourth-order valence-corrected chi connectivity index (χ4v) is 7.93. The minimum Gasteiger partial charge on any atom is -0.502 e. The van der Waals surface area contributed by atoms with E-state index in [2.05, 4.69) is 0 Å². The summed E-state index contributed by atoms with van der Waals surface area (Å²) in [7, 11) is 2.74. The van der Waals surface area contributed by atoms with Crippen molar-refractivity contribution < 1.29 is 67.9 Å². The van der Waals surface area contributed by atoms with Gasteiger partial charge in [0.15, 0.2) is 41.2 Å². The van der Waals surface area contributed by atoms with E-state index >= 15 is 0 Å². The van der Waals surface area contributed by atoms with Crippen LogP contribution in [0.1, 0.15) is 39.9 Å². The molecule has 10 unspecified atom stereocenters. The molecule has 3 aromatic rings. The standard InChI is InChI=1S/C32H32O14S/c1-38-19-6-13(7-20(39-2)24(19)33)23-14-8-17-18(43-12-42-17)9-15(14)27(16-10-41-31(36)32(16,23)37)45-30-26(35)25(34)28-21(44-30)11-40-29(46-28)22-4-3-5-47-22/h3-9,16,21,23,25-30,33-35,37H,10-12H2,1-2H3. The van der Waals surface area contributed by atoms with Gasteiger partial charge >= 0.3 is 5.97 Å². The first kappa shape index (κ1) is 30.7. The Bertz CT molecular complexity index is 1650. The third-order valence-electron chi connectivity index (χ3n) is 9.51. The molecule has 4 aliphatic heterocycles. The number of hydrogen-bond donors (Lipinski definition) is 4. The van der Waals surface area contributed by atoms with Crippen molar-refractivity contribution in [3.8, 4) is 28.7 Å². The van der Waals surface area contributed by atoms with Gasteiger partial charge in [0.25, 0.3) is 0 Å². The van der Waals surface area contributed by atoms with E-state index in [0.717, 1.165) is 4.88 Å². The summed E-state index contributed by atoms with van der Waals surface area (Å²) in [5.41, 5.74) is -0.895. The predicted octanol–water partition coefficient (Wildman–Crippen LogP) is 1.87. The number of thiophene rings is 1. The summed E-state index contributed by atoms with van der Waals surface area (Å²) in [6, 6.07) is 10.1. The maximum Gasteiger partial charge on any atom is 0.339 e. The Morgan fingerprint density at radius 3 is 2.34 bits per heavy atom. The number of rotatable bonds is 6. The highest BCUT2D eigenvalue weighted by molar-refractivity contribution is 7.10. The van der Waals surface area contributed by atoms with Crippen LogP contribution >= 0.6 is 11.3 Å². The fourth-order valence-electron chi connectivity index (χ4n) is 7.22. The number of aliphatic hydroxyl groups excluding tert-OH is 2. The lowest BCUT2D eigenvalue weighted by Crippen LogP contribution is -2.63. The Hall–Kier alpha value is -3.67. The van der Waals surface area contributed by atoms with Gasteiger partial charge in [0.1, 0.15) is 31.0 Å². The number of phenolic OH excluding ortho intramolecular Hbond substituents is 1. The Kier molecular flexibility index (Phi) is 7.49. The van der Waals surface area contributed by atoms with E-state index in [0.29, 0.717) is 28.2 Å². The number of esters is 1. The second kappa shape index (κ2) is 11.5. The predicted molar refractivity (Wildman–Crippen MR) is 157 cm³/mol. The van der Waals surface area contributed by atoms with Crippen molar-refractivity contribution in [2.75, 3.05) is 34.2 Å². The van der Waals surface area contributed by atoms with E-state index < -0.39 is 66.5 Å². The molecule has 0 spiro atoms. The largest absolute Gasteiger partial charge is 0.502 e. The lowest BCUT2D eigenvalue weighted by Gasteiger charge is -2.49. The van der Waals surface area contributed by atoms with E-state index in [1.807, 2.05) is 17.5 Å². The van der Waals surface area contributed by atoms with Gasteiger partial charge < -0.3 is 63.1 Å². The van der Waals surface area contributed by atoms with Crippen molar-refractivity contribution in [1.29, 1.82) is 0 Å². The lowest BCUT2D eigenvalue weighted by atomic mass is 9.63. The first-order valence-electron chi connectivity index (χ1n) is 15.0. The van der Waals surface area contributed by atoms with E-state index in [-0.39, 0.29) is 37.3 Å². The van der Waals surface area contributed by atoms with Crippen LogP contribution in [0.25, 0.3) is 0 Å². The molecule has 3 fully saturated rings. The number of hydrogen-bond acceptors (Lipinski definition) is 15. The monoisotopic (exact) mass is 672 g/mol. The molecular formula is C32H32O14S. The molecule has 1 aromatic heterocycles. The zero-order valence-electron chi connectivity index (χ0n) is 25.1. The Balaban J connectivity index is 1.18. The number of fused-ring (bicyclic) bond motifs is 4. The Morgan fingerprint density at radius 1 is 0.936 bits per heavy atom. The number of ether oxygens (including phenoxy) is 9. The van der Waals surface area contributed by atoms with Crippen LogP contribution in [0.15, 0.2) is 41.8 Å². The zero-order chi connectivity index (χ0) is 32.6. The van der Waals surface area contributed by atoms with Crippen LogP contribution in [0.5, 0.6) is 28.7 Å². The average molecular weight is 673 g/mol. The van der Waals surface area contributed by atoms with Gasteiger partial charge in [-0.25, -0.2) is 4.79 Å². The zero-order valence-corrected chi connectivity index (χ0v) is 26.0. The fraction of sp³-hybridized carbons (Fsp3) is 0.469. The van der Waals surface area contributed by atoms with Gasteiger partial charge in [0.2, 0.25) is 12.5 Å². The number of benzene rings is 2. The van der Waals surface area contributed by atoms with Crippen molar-refractivity contribution in [2.24, 2.45) is 5.92 Å². The van der Waals surface area contributed by atoms with Crippen LogP contribution in [-0.4, -0.2) is 96.9 Å². The molecule has 0 bridgehead atoms. The van der Waals surface area contributed by atoms with Gasteiger partial charge in [-0.1, -0.05) is 6.07 Å². The molecule has 2 aromatic carbocycles. The summed E-state index contributed by atoms with van der Waals surface area (Å²) in [4.78, 5) is 14.4. The number of cyclic esters (lactones) is 1. The maximum atomic E-state index is 13.6. The van der Waals surface area contributed by atoms with Crippen LogP contribution in [0.4, 0.5) is 0 Å². The van der Waals surface area contributed by atoms with Crippen molar-refractivity contribution >= 4 is 17.3 Å². The molecule has 15 heteroatoms. The summed E-state index contributed by atoms with van der Waals surface area (Å²) in [5, 5.41) is 47.4. The highest BCUT2D eigenvalue weighted by atomic mass is 32.1. The molecule has 10 atom stereocenters. The van der Waals surface area contributed by atoms with Gasteiger partial charge in [-0.3, -0.25) is 0 Å². The molecule has 4 N–H and O–H groups in total. The maximum absolute atomic E-state index is 13.6. The van der Waals surface area contributed by atoms with Crippen LogP contribution in [0.2, 0.25) is 0 Å². The summed E-state index contributed by atoms with van der Waals surface area (Å²) >= 11 is 1.44. The van der Waals surface area contributed by atoms with Crippen LogP contribution in [-0.2, 0) is 28.5 Å². The molecule has 3 saturated heterocycles. The number of phenols is 1.